The SMILES string of the molecule is CC(NCC1CCC(C(=O)O)O1)c1ccccc1. The minimum atomic E-state index is -0.853. The molecule has 0 spiro atoms. The summed E-state index contributed by atoms with van der Waals surface area (Å²) in [5, 5.41) is 12.2. The summed E-state index contributed by atoms with van der Waals surface area (Å²) in [5.74, 6) is -0.853. The van der Waals surface area contributed by atoms with E-state index in [2.05, 4.69) is 24.4 Å². The van der Waals surface area contributed by atoms with E-state index in [1.54, 1.807) is 0 Å². The van der Waals surface area contributed by atoms with Gasteiger partial charge in [0.25, 0.3) is 0 Å². The second kappa shape index (κ2) is 5.98. The lowest BCUT2D eigenvalue weighted by Gasteiger charge is -2.17. The Balaban J connectivity index is 1.77. The maximum absolute atomic E-state index is 10.8. The molecule has 4 nitrogen and oxygen atoms in total. The number of carbonyl (C=O) groups is 1. The molecule has 1 saturated heterocycles. The van der Waals surface area contributed by atoms with Crippen molar-refractivity contribution < 1.29 is 14.6 Å². The van der Waals surface area contributed by atoms with Gasteiger partial charge in [-0.3, -0.25) is 0 Å². The molecule has 0 amide bonds. The van der Waals surface area contributed by atoms with Crippen LogP contribution in [0, 0.1) is 0 Å². The number of benzene rings is 1. The highest BCUT2D eigenvalue weighted by Crippen LogP contribution is 2.20. The molecular formula is C14H19NO3. The Morgan fingerprint density at radius 3 is 2.78 bits per heavy atom. The van der Waals surface area contributed by atoms with Crippen molar-refractivity contribution in [3.05, 3.63) is 35.9 Å². The van der Waals surface area contributed by atoms with E-state index in [1.807, 2.05) is 18.2 Å². The van der Waals surface area contributed by atoms with Gasteiger partial charge in [0.1, 0.15) is 0 Å². The van der Waals surface area contributed by atoms with Crippen molar-refractivity contribution in [2.24, 2.45) is 0 Å². The van der Waals surface area contributed by atoms with Crippen molar-refractivity contribution in [3.63, 3.8) is 0 Å². The molecule has 2 N–H and O–H groups in total. The minimum Gasteiger partial charge on any atom is -0.479 e. The first-order valence-electron chi connectivity index (χ1n) is 6.33. The van der Waals surface area contributed by atoms with Crippen molar-refractivity contribution in [2.75, 3.05) is 6.54 Å². The second-order valence-electron chi connectivity index (χ2n) is 4.70. The van der Waals surface area contributed by atoms with Crippen LogP contribution >= 0.6 is 0 Å². The molecule has 0 radical (unpaired) electrons. The fourth-order valence-electron chi connectivity index (χ4n) is 2.21. The molecule has 98 valence electrons. The van der Waals surface area contributed by atoms with Gasteiger partial charge in [0.2, 0.25) is 0 Å². The largest absolute Gasteiger partial charge is 0.479 e. The molecule has 1 aliphatic rings. The van der Waals surface area contributed by atoms with E-state index >= 15 is 0 Å². The average Bonchev–Trinajstić information content (AvgIpc) is 2.86. The summed E-state index contributed by atoms with van der Waals surface area (Å²) < 4.78 is 5.45. The fraction of sp³-hybridized carbons (Fsp3) is 0.500. The smallest absolute Gasteiger partial charge is 0.332 e. The Bertz CT molecular complexity index is 393. The van der Waals surface area contributed by atoms with Crippen molar-refractivity contribution in [3.8, 4) is 0 Å². The van der Waals surface area contributed by atoms with Gasteiger partial charge in [-0.15, -0.1) is 0 Å². The van der Waals surface area contributed by atoms with Crippen molar-refractivity contribution >= 4 is 5.97 Å². The third-order valence-corrected chi connectivity index (χ3v) is 3.33. The van der Waals surface area contributed by atoms with E-state index in [-0.39, 0.29) is 12.1 Å². The predicted molar refractivity (Wildman–Crippen MR) is 68.4 cm³/mol. The van der Waals surface area contributed by atoms with Crippen LogP contribution in [-0.2, 0) is 9.53 Å². The molecule has 4 heteroatoms. The molecule has 1 aromatic rings. The zero-order valence-corrected chi connectivity index (χ0v) is 10.5. The van der Waals surface area contributed by atoms with Gasteiger partial charge < -0.3 is 15.2 Å². The Hall–Kier alpha value is -1.39. The Morgan fingerprint density at radius 2 is 2.17 bits per heavy atom. The van der Waals surface area contributed by atoms with Gasteiger partial charge in [0.05, 0.1) is 6.10 Å². The molecule has 1 fully saturated rings. The van der Waals surface area contributed by atoms with Gasteiger partial charge in [0, 0.05) is 12.6 Å². The summed E-state index contributed by atoms with van der Waals surface area (Å²) in [6, 6.07) is 10.4. The zero-order chi connectivity index (χ0) is 13.0. The van der Waals surface area contributed by atoms with Crippen LogP contribution in [-0.4, -0.2) is 29.8 Å². The number of hydrogen-bond acceptors (Lipinski definition) is 3. The molecule has 0 aliphatic carbocycles. The van der Waals surface area contributed by atoms with Gasteiger partial charge in [-0.05, 0) is 25.3 Å². The summed E-state index contributed by atoms with van der Waals surface area (Å²) in [6.07, 6.45) is 0.813. The molecule has 1 aliphatic heterocycles. The molecule has 18 heavy (non-hydrogen) atoms. The number of ether oxygens (including phenoxy) is 1. The maximum Gasteiger partial charge on any atom is 0.332 e. The number of aliphatic carboxylic acids is 1. The Labute approximate surface area is 107 Å². The Kier molecular flexibility index (Phi) is 4.33. The van der Waals surface area contributed by atoms with Crippen LogP contribution < -0.4 is 5.32 Å². The zero-order valence-electron chi connectivity index (χ0n) is 10.5. The van der Waals surface area contributed by atoms with Crippen LogP contribution in [0.5, 0.6) is 0 Å². The lowest BCUT2D eigenvalue weighted by Crippen LogP contribution is -2.30. The first kappa shape index (κ1) is 13.1. The van der Waals surface area contributed by atoms with E-state index in [0.29, 0.717) is 13.0 Å². The van der Waals surface area contributed by atoms with Crippen LogP contribution in [0.4, 0.5) is 0 Å². The van der Waals surface area contributed by atoms with Gasteiger partial charge in [-0.25, -0.2) is 4.79 Å². The quantitative estimate of drug-likeness (QED) is 0.837. The highest BCUT2D eigenvalue weighted by molar-refractivity contribution is 5.72. The first-order chi connectivity index (χ1) is 8.66. The molecule has 0 bridgehead atoms. The molecular weight excluding hydrogens is 230 g/mol. The number of carboxylic acids is 1. The summed E-state index contributed by atoms with van der Waals surface area (Å²) in [4.78, 5) is 10.8. The van der Waals surface area contributed by atoms with E-state index in [0.717, 1.165) is 6.42 Å². The number of carboxylic acid groups (broad SMARTS) is 1. The molecule has 0 saturated carbocycles. The predicted octanol–water partition coefficient (Wildman–Crippen LogP) is 1.97. The molecule has 2 rings (SSSR count). The second-order valence-corrected chi connectivity index (χ2v) is 4.70. The van der Waals surface area contributed by atoms with Gasteiger partial charge in [0.15, 0.2) is 6.10 Å². The molecule has 1 aromatic carbocycles. The van der Waals surface area contributed by atoms with Gasteiger partial charge >= 0.3 is 5.97 Å². The third kappa shape index (κ3) is 3.31. The topological polar surface area (TPSA) is 58.6 Å². The Morgan fingerprint density at radius 1 is 1.44 bits per heavy atom. The molecule has 1 heterocycles. The molecule has 3 unspecified atom stereocenters. The van der Waals surface area contributed by atoms with E-state index in [4.69, 9.17) is 9.84 Å². The fourth-order valence-corrected chi connectivity index (χ4v) is 2.21. The third-order valence-electron chi connectivity index (χ3n) is 3.33. The molecule has 3 atom stereocenters. The van der Waals surface area contributed by atoms with Crippen LogP contribution in [0.15, 0.2) is 30.3 Å². The normalized spacial score (nSPS) is 24.9. The van der Waals surface area contributed by atoms with Crippen molar-refractivity contribution in [1.29, 1.82) is 0 Å². The minimum absolute atomic E-state index is 0.0114. The van der Waals surface area contributed by atoms with Crippen LogP contribution in [0.2, 0.25) is 0 Å². The highest BCUT2D eigenvalue weighted by atomic mass is 16.5. The monoisotopic (exact) mass is 249 g/mol. The summed E-state index contributed by atoms with van der Waals surface area (Å²) in [5.41, 5.74) is 1.23. The number of hydrogen-bond donors (Lipinski definition) is 2. The summed E-state index contributed by atoms with van der Waals surface area (Å²) in [7, 11) is 0. The lowest BCUT2D eigenvalue weighted by molar-refractivity contribution is -0.149. The summed E-state index contributed by atoms with van der Waals surface area (Å²) in [6.45, 7) is 2.79. The molecule has 0 aromatic heterocycles. The van der Waals surface area contributed by atoms with Crippen molar-refractivity contribution in [1.82, 2.24) is 5.32 Å². The van der Waals surface area contributed by atoms with Crippen LogP contribution in [0.3, 0.4) is 0 Å². The number of nitrogens with one attached hydrogen (secondary N) is 1. The number of rotatable bonds is 5. The first-order valence-corrected chi connectivity index (χ1v) is 6.33. The van der Waals surface area contributed by atoms with Crippen LogP contribution in [0.25, 0.3) is 0 Å². The van der Waals surface area contributed by atoms with E-state index in [9.17, 15) is 4.79 Å². The maximum atomic E-state index is 10.8. The van der Waals surface area contributed by atoms with Crippen molar-refractivity contribution in [2.45, 2.75) is 38.0 Å². The highest BCUT2D eigenvalue weighted by Gasteiger charge is 2.30. The van der Waals surface area contributed by atoms with E-state index < -0.39 is 12.1 Å². The van der Waals surface area contributed by atoms with E-state index in [1.165, 1.54) is 5.56 Å². The van der Waals surface area contributed by atoms with Gasteiger partial charge in [-0.2, -0.15) is 0 Å². The lowest BCUT2D eigenvalue weighted by atomic mass is 10.1. The van der Waals surface area contributed by atoms with Gasteiger partial charge in [-0.1, -0.05) is 30.3 Å². The standard InChI is InChI=1S/C14H19NO3/c1-10(11-5-3-2-4-6-11)15-9-12-7-8-13(18-12)14(16)17/h2-6,10,12-13,15H,7-9H2,1H3,(H,16,17). The van der Waals surface area contributed by atoms with Crippen LogP contribution in [0.1, 0.15) is 31.4 Å². The average molecular weight is 249 g/mol. The summed E-state index contributed by atoms with van der Waals surface area (Å²) >= 11 is 0.